The largest absolute Gasteiger partial charge is 0.480 e. The molecule has 0 bridgehead atoms. The first kappa shape index (κ1) is 14.8. The number of methoxy groups -OCH3 is 1. The van der Waals surface area contributed by atoms with Crippen LogP contribution in [0.3, 0.4) is 0 Å². The number of carbonyl (C=O) groups is 1. The maximum absolute atomic E-state index is 11.6. The molecule has 1 heterocycles. The lowest BCUT2D eigenvalue weighted by molar-refractivity contribution is -0.145. The quantitative estimate of drug-likeness (QED) is 0.832. The van der Waals surface area contributed by atoms with E-state index >= 15 is 0 Å². The monoisotopic (exact) mass is 269 g/mol. The lowest BCUT2D eigenvalue weighted by atomic mass is 9.93. The Labute approximate surface area is 116 Å². The zero-order valence-corrected chi connectivity index (χ0v) is 12.6. The first-order valence-electron chi connectivity index (χ1n) is 7.39. The first-order chi connectivity index (χ1) is 8.85. The molecule has 2 aliphatic rings. The Morgan fingerprint density at radius 3 is 2.74 bits per heavy atom. The van der Waals surface area contributed by atoms with Crippen LogP contribution in [0, 0.1) is 11.8 Å². The van der Waals surface area contributed by atoms with Crippen LogP contribution in [0.5, 0.6) is 0 Å². The minimum Gasteiger partial charge on any atom is -0.480 e. The van der Waals surface area contributed by atoms with E-state index in [-0.39, 0.29) is 17.7 Å². The fourth-order valence-electron chi connectivity index (χ4n) is 4.03. The molecule has 0 aromatic carbocycles. The predicted octanol–water partition coefficient (Wildman–Crippen LogP) is 2.38. The average Bonchev–Trinajstić information content (AvgIpc) is 2.86. The van der Waals surface area contributed by atoms with Gasteiger partial charge >= 0.3 is 5.97 Å². The van der Waals surface area contributed by atoms with Crippen molar-refractivity contribution < 1.29 is 14.6 Å². The second kappa shape index (κ2) is 5.41. The second-order valence-corrected chi connectivity index (χ2v) is 6.85. The Morgan fingerprint density at radius 2 is 2.16 bits per heavy atom. The second-order valence-electron chi connectivity index (χ2n) is 6.85. The highest BCUT2D eigenvalue weighted by atomic mass is 16.5. The Morgan fingerprint density at radius 1 is 1.47 bits per heavy atom. The van der Waals surface area contributed by atoms with E-state index in [0.29, 0.717) is 11.8 Å². The molecule has 0 amide bonds. The van der Waals surface area contributed by atoms with Crippen molar-refractivity contribution in [1.82, 2.24) is 4.90 Å². The van der Waals surface area contributed by atoms with E-state index in [9.17, 15) is 9.90 Å². The Balaban J connectivity index is 2.08. The molecular formula is C15H27NO3. The summed E-state index contributed by atoms with van der Waals surface area (Å²) in [6.45, 7) is 7.21. The smallest absolute Gasteiger partial charge is 0.321 e. The average molecular weight is 269 g/mol. The molecule has 110 valence electrons. The Bertz CT molecular complexity index is 342. The van der Waals surface area contributed by atoms with E-state index in [4.69, 9.17) is 4.74 Å². The third-order valence-corrected chi connectivity index (χ3v) is 5.08. The molecule has 1 saturated heterocycles. The number of aliphatic carboxylic acids is 1. The summed E-state index contributed by atoms with van der Waals surface area (Å²) in [7, 11) is 1.72. The highest BCUT2D eigenvalue weighted by Gasteiger charge is 2.49. The predicted molar refractivity (Wildman–Crippen MR) is 74.1 cm³/mol. The molecule has 4 unspecified atom stereocenters. The SMILES string of the molecule is COC(C)(C)CC(C)N1CC2CCCC2C1C(=O)O. The third kappa shape index (κ3) is 2.95. The van der Waals surface area contributed by atoms with E-state index in [2.05, 4.69) is 25.7 Å². The molecule has 4 nitrogen and oxygen atoms in total. The summed E-state index contributed by atoms with van der Waals surface area (Å²) in [5, 5.41) is 9.56. The highest BCUT2D eigenvalue weighted by Crippen LogP contribution is 2.43. The van der Waals surface area contributed by atoms with Crippen LogP contribution in [0.1, 0.15) is 46.5 Å². The van der Waals surface area contributed by atoms with Crippen LogP contribution in [0.4, 0.5) is 0 Å². The number of hydrogen-bond acceptors (Lipinski definition) is 3. The van der Waals surface area contributed by atoms with Crippen molar-refractivity contribution in [3.05, 3.63) is 0 Å². The molecule has 4 heteroatoms. The third-order valence-electron chi connectivity index (χ3n) is 5.08. The summed E-state index contributed by atoms with van der Waals surface area (Å²) >= 11 is 0. The summed E-state index contributed by atoms with van der Waals surface area (Å²) < 4.78 is 5.48. The number of nitrogens with zero attached hydrogens (tertiary/aromatic N) is 1. The normalized spacial score (nSPS) is 33.4. The van der Waals surface area contributed by atoms with Gasteiger partial charge in [0, 0.05) is 19.7 Å². The lowest BCUT2D eigenvalue weighted by Crippen LogP contribution is -2.47. The Kier molecular flexibility index (Phi) is 4.21. The molecule has 2 fully saturated rings. The molecule has 1 aliphatic heterocycles. The standard InChI is InChI=1S/C15H27NO3/c1-10(8-15(2,3)19-4)16-9-11-6-5-7-12(11)13(16)14(17)18/h10-13H,5-9H2,1-4H3,(H,17,18). The number of ether oxygens (including phenoxy) is 1. The van der Waals surface area contributed by atoms with Crippen LogP contribution in [0.15, 0.2) is 0 Å². The van der Waals surface area contributed by atoms with Gasteiger partial charge in [-0.15, -0.1) is 0 Å². The van der Waals surface area contributed by atoms with Crippen LogP contribution in [-0.2, 0) is 9.53 Å². The van der Waals surface area contributed by atoms with Crippen LogP contribution in [0.2, 0.25) is 0 Å². The minimum atomic E-state index is -0.642. The van der Waals surface area contributed by atoms with Crippen LogP contribution in [0.25, 0.3) is 0 Å². The van der Waals surface area contributed by atoms with Gasteiger partial charge in [0.2, 0.25) is 0 Å². The summed E-state index contributed by atoms with van der Waals surface area (Å²) in [4.78, 5) is 13.8. The molecule has 2 rings (SSSR count). The van der Waals surface area contributed by atoms with E-state index in [1.165, 1.54) is 12.8 Å². The van der Waals surface area contributed by atoms with E-state index in [1.807, 2.05) is 0 Å². The summed E-state index contributed by atoms with van der Waals surface area (Å²) in [5.41, 5.74) is -0.194. The van der Waals surface area contributed by atoms with Crippen molar-refractivity contribution in [1.29, 1.82) is 0 Å². The number of carboxylic acids is 1. The number of rotatable bonds is 5. The highest BCUT2D eigenvalue weighted by molar-refractivity contribution is 5.74. The molecule has 1 N–H and O–H groups in total. The molecule has 1 saturated carbocycles. The first-order valence-corrected chi connectivity index (χ1v) is 7.39. The summed E-state index contributed by atoms with van der Waals surface area (Å²) in [6.07, 6.45) is 4.35. The van der Waals surface area contributed by atoms with Gasteiger partial charge in [0.25, 0.3) is 0 Å². The zero-order valence-electron chi connectivity index (χ0n) is 12.6. The lowest BCUT2D eigenvalue weighted by Gasteiger charge is -2.35. The molecule has 4 atom stereocenters. The van der Waals surface area contributed by atoms with E-state index < -0.39 is 5.97 Å². The molecule has 19 heavy (non-hydrogen) atoms. The summed E-state index contributed by atoms with van der Waals surface area (Å²) in [5.74, 6) is 0.316. The molecule has 0 spiro atoms. The van der Waals surface area contributed by atoms with Gasteiger partial charge in [0.05, 0.1) is 5.60 Å². The fraction of sp³-hybridized carbons (Fsp3) is 0.933. The Hall–Kier alpha value is -0.610. The topological polar surface area (TPSA) is 49.8 Å². The van der Waals surface area contributed by atoms with Gasteiger partial charge in [-0.05, 0) is 51.9 Å². The zero-order chi connectivity index (χ0) is 14.2. The fourth-order valence-corrected chi connectivity index (χ4v) is 4.03. The number of carboxylic acid groups (broad SMARTS) is 1. The van der Waals surface area contributed by atoms with Crippen LogP contribution < -0.4 is 0 Å². The van der Waals surface area contributed by atoms with Crippen LogP contribution >= 0.6 is 0 Å². The van der Waals surface area contributed by atoms with Crippen molar-refractivity contribution in [2.45, 2.75) is 64.1 Å². The van der Waals surface area contributed by atoms with Crippen molar-refractivity contribution in [2.75, 3.05) is 13.7 Å². The number of likely N-dealkylation sites (tertiary alicyclic amines) is 1. The van der Waals surface area contributed by atoms with E-state index in [0.717, 1.165) is 19.4 Å². The van der Waals surface area contributed by atoms with Gasteiger partial charge in [-0.25, -0.2) is 0 Å². The van der Waals surface area contributed by atoms with Gasteiger partial charge in [-0.2, -0.15) is 0 Å². The molecule has 0 aromatic rings. The van der Waals surface area contributed by atoms with Crippen molar-refractivity contribution in [2.24, 2.45) is 11.8 Å². The maximum Gasteiger partial charge on any atom is 0.321 e. The van der Waals surface area contributed by atoms with Crippen LogP contribution in [-0.4, -0.2) is 47.3 Å². The minimum absolute atomic E-state index is 0.194. The molecule has 0 aromatic heterocycles. The van der Waals surface area contributed by atoms with Crippen molar-refractivity contribution >= 4 is 5.97 Å². The van der Waals surface area contributed by atoms with Gasteiger partial charge in [0.1, 0.15) is 6.04 Å². The molecule has 0 radical (unpaired) electrons. The van der Waals surface area contributed by atoms with Crippen molar-refractivity contribution in [3.8, 4) is 0 Å². The molecule has 1 aliphatic carbocycles. The number of hydrogen-bond donors (Lipinski definition) is 1. The van der Waals surface area contributed by atoms with Gasteiger partial charge in [-0.1, -0.05) is 6.42 Å². The van der Waals surface area contributed by atoms with Crippen molar-refractivity contribution in [3.63, 3.8) is 0 Å². The molecular weight excluding hydrogens is 242 g/mol. The summed E-state index contributed by atoms with van der Waals surface area (Å²) in [6, 6.07) is -0.0307. The number of fused-ring (bicyclic) bond motifs is 1. The van der Waals surface area contributed by atoms with E-state index in [1.54, 1.807) is 7.11 Å². The van der Waals surface area contributed by atoms with Gasteiger partial charge in [0.15, 0.2) is 0 Å². The van der Waals surface area contributed by atoms with Gasteiger partial charge < -0.3 is 9.84 Å². The van der Waals surface area contributed by atoms with Gasteiger partial charge in [-0.3, -0.25) is 9.69 Å². The maximum atomic E-state index is 11.6.